The molecule has 1 aromatic carbocycles. The summed E-state index contributed by atoms with van der Waals surface area (Å²) in [5.74, 6) is 0.0680. The van der Waals surface area contributed by atoms with Crippen molar-refractivity contribution in [3.05, 3.63) is 29.3 Å². The van der Waals surface area contributed by atoms with Gasteiger partial charge in [-0.3, -0.25) is 0 Å². The third kappa shape index (κ3) is 2.93. The van der Waals surface area contributed by atoms with E-state index in [2.05, 4.69) is 0 Å². The molecule has 0 atom stereocenters. The SMILES string of the molecule is CC(C)(F)c1cccc(CCCN)c1O. The first kappa shape index (κ1) is 12.0. The van der Waals surface area contributed by atoms with E-state index in [-0.39, 0.29) is 5.75 Å². The lowest BCUT2D eigenvalue weighted by atomic mass is 9.95. The van der Waals surface area contributed by atoms with Gasteiger partial charge in [0.2, 0.25) is 0 Å². The molecule has 0 saturated heterocycles. The zero-order valence-electron chi connectivity index (χ0n) is 9.26. The molecule has 0 aliphatic heterocycles. The second kappa shape index (κ2) is 4.62. The fourth-order valence-corrected chi connectivity index (χ4v) is 1.57. The molecule has 0 heterocycles. The van der Waals surface area contributed by atoms with Gasteiger partial charge in [-0.2, -0.15) is 0 Å². The molecule has 0 unspecified atom stereocenters. The van der Waals surface area contributed by atoms with Gasteiger partial charge in [0.25, 0.3) is 0 Å². The average Bonchev–Trinajstić information content (AvgIpc) is 2.14. The van der Waals surface area contributed by atoms with Gasteiger partial charge in [-0.05, 0) is 38.8 Å². The number of alkyl halides is 1. The summed E-state index contributed by atoms with van der Waals surface area (Å²) in [6.07, 6.45) is 1.48. The van der Waals surface area contributed by atoms with E-state index in [0.717, 1.165) is 12.0 Å². The molecule has 0 radical (unpaired) electrons. The maximum atomic E-state index is 13.7. The van der Waals surface area contributed by atoms with Crippen LogP contribution in [0.25, 0.3) is 0 Å². The van der Waals surface area contributed by atoms with Crippen LogP contribution in [0, 0.1) is 0 Å². The fourth-order valence-electron chi connectivity index (χ4n) is 1.57. The number of nitrogens with two attached hydrogens (primary N) is 1. The Morgan fingerprint density at radius 3 is 2.60 bits per heavy atom. The Morgan fingerprint density at radius 1 is 1.40 bits per heavy atom. The fraction of sp³-hybridized carbons (Fsp3) is 0.500. The highest BCUT2D eigenvalue weighted by molar-refractivity contribution is 5.43. The molecule has 0 fully saturated rings. The Balaban J connectivity index is 3.01. The smallest absolute Gasteiger partial charge is 0.134 e. The molecule has 1 aromatic rings. The number of hydrogen-bond acceptors (Lipinski definition) is 2. The summed E-state index contributed by atoms with van der Waals surface area (Å²) in [4.78, 5) is 0. The summed E-state index contributed by atoms with van der Waals surface area (Å²) in [7, 11) is 0. The van der Waals surface area contributed by atoms with Gasteiger partial charge < -0.3 is 10.8 Å². The Hall–Kier alpha value is -1.09. The van der Waals surface area contributed by atoms with Crippen LogP contribution in [-0.4, -0.2) is 11.7 Å². The highest BCUT2D eigenvalue weighted by atomic mass is 19.1. The maximum Gasteiger partial charge on any atom is 0.134 e. The minimum absolute atomic E-state index is 0.0680. The van der Waals surface area contributed by atoms with Gasteiger partial charge in [-0.25, -0.2) is 4.39 Å². The average molecular weight is 211 g/mol. The Bertz CT molecular complexity index is 331. The third-order valence-corrected chi connectivity index (χ3v) is 2.41. The van der Waals surface area contributed by atoms with Crippen LogP contribution in [-0.2, 0) is 12.1 Å². The quantitative estimate of drug-likeness (QED) is 0.803. The number of phenols is 1. The molecular weight excluding hydrogens is 193 g/mol. The Morgan fingerprint density at radius 2 is 2.07 bits per heavy atom. The molecule has 0 bridgehead atoms. The van der Waals surface area contributed by atoms with E-state index in [1.165, 1.54) is 13.8 Å². The van der Waals surface area contributed by atoms with Crippen molar-refractivity contribution in [1.29, 1.82) is 0 Å². The normalized spacial score (nSPS) is 11.7. The predicted molar refractivity (Wildman–Crippen MR) is 59.6 cm³/mol. The largest absolute Gasteiger partial charge is 0.507 e. The second-order valence-corrected chi connectivity index (χ2v) is 4.18. The summed E-state index contributed by atoms with van der Waals surface area (Å²) in [6, 6.07) is 5.18. The van der Waals surface area contributed by atoms with E-state index in [0.29, 0.717) is 18.5 Å². The van der Waals surface area contributed by atoms with Gasteiger partial charge >= 0.3 is 0 Å². The van der Waals surface area contributed by atoms with Crippen molar-refractivity contribution in [3.63, 3.8) is 0 Å². The van der Waals surface area contributed by atoms with Crippen molar-refractivity contribution in [2.75, 3.05) is 6.54 Å². The van der Waals surface area contributed by atoms with Crippen LogP contribution >= 0.6 is 0 Å². The number of aryl methyl sites for hydroxylation is 1. The van der Waals surface area contributed by atoms with Crippen molar-refractivity contribution in [2.45, 2.75) is 32.4 Å². The highest BCUT2D eigenvalue weighted by Gasteiger charge is 2.23. The summed E-state index contributed by atoms with van der Waals surface area (Å²) in [5.41, 5.74) is 5.00. The lowest BCUT2D eigenvalue weighted by Gasteiger charge is -2.18. The first-order chi connectivity index (χ1) is 6.96. The van der Waals surface area contributed by atoms with Gasteiger partial charge in [0.1, 0.15) is 11.4 Å². The molecule has 15 heavy (non-hydrogen) atoms. The first-order valence-corrected chi connectivity index (χ1v) is 5.17. The minimum Gasteiger partial charge on any atom is -0.507 e. The van der Waals surface area contributed by atoms with Crippen molar-refractivity contribution < 1.29 is 9.50 Å². The molecule has 0 spiro atoms. The molecule has 0 amide bonds. The zero-order chi connectivity index (χ0) is 11.5. The van der Waals surface area contributed by atoms with Crippen molar-refractivity contribution in [1.82, 2.24) is 0 Å². The van der Waals surface area contributed by atoms with Gasteiger partial charge in [0, 0.05) is 5.56 Å². The topological polar surface area (TPSA) is 46.2 Å². The number of benzene rings is 1. The van der Waals surface area contributed by atoms with Crippen LogP contribution in [0.4, 0.5) is 4.39 Å². The van der Waals surface area contributed by atoms with Crippen LogP contribution in [0.3, 0.4) is 0 Å². The second-order valence-electron chi connectivity index (χ2n) is 4.18. The van der Waals surface area contributed by atoms with Crippen LogP contribution < -0.4 is 5.73 Å². The van der Waals surface area contributed by atoms with Crippen LogP contribution in [0.5, 0.6) is 5.75 Å². The summed E-state index contributed by atoms with van der Waals surface area (Å²) >= 11 is 0. The molecule has 0 saturated carbocycles. The summed E-state index contributed by atoms with van der Waals surface area (Å²) in [6.45, 7) is 3.45. The van der Waals surface area contributed by atoms with E-state index in [9.17, 15) is 9.50 Å². The number of hydrogen-bond donors (Lipinski definition) is 2. The molecule has 0 aliphatic carbocycles. The number of halogens is 1. The van der Waals surface area contributed by atoms with Gasteiger partial charge in [0.05, 0.1) is 0 Å². The molecule has 3 heteroatoms. The molecule has 3 N–H and O–H groups in total. The molecule has 2 nitrogen and oxygen atoms in total. The summed E-state index contributed by atoms with van der Waals surface area (Å²) < 4.78 is 13.7. The summed E-state index contributed by atoms with van der Waals surface area (Å²) in [5, 5.41) is 9.87. The number of aromatic hydroxyl groups is 1. The van der Waals surface area contributed by atoms with Crippen molar-refractivity contribution in [2.24, 2.45) is 5.73 Å². The van der Waals surface area contributed by atoms with E-state index < -0.39 is 5.67 Å². The van der Waals surface area contributed by atoms with Crippen LogP contribution in [0.1, 0.15) is 31.4 Å². The Labute approximate surface area is 89.9 Å². The van der Waals surface area contributed by atoms with Gasteiger partial charge in [-0.15, -0.1) is 0 Å². The molecular formula is C12H18FNO. The Kier molecular flexibility index (Phi) is 3.69. The van der Waals surface area contributed by atoms with Crippen molar-refractivity contribution >= 4 is 0 Å². The van der Waals surface area contributed by atoms with E-state index >= 15 is 0 Å². The number of rotatable bonds is 4. The minimum atomic E-state index is -1.51. The predicted octanol–water partition coefficient (Wildman–Crippen LogP) is 2.49. The molecule has 0 aliphatic rings. The standard InChI is InChI=1S/C12H18FNO/c1-12(2,13)10-7-3-5-9(11(10)15)6-4-8-14/h3,5,7,15H,4,6,8,14H2,1-2H3. The van der Waals surface area contributed by atoms with Crippen LogP contribution in [0.2, 0.25) is 0 Å². The van der Waals surface area contributed by atoms with E-state index in [1.807, 2.05) is 0 Å². The van der Waals surface area contributed by atoms with Crippen molar-refractivity contribution in [3.8, 4) is 5.75 Å². The molecule has 84 valence electrons. The maximum absolute atomic E-state index is 13.7. The first-order valence-electron chi connectivity index (χ1n) is 5.17. The zero-order valence-corrected chi connectivity index (χ0v) is 9.26. The monoisotopic (exact) mass is 211 g/mol. The lowest BCUT2D eigenvalue weighted by molar-refractivity contribution is 0.214. The number of para-hydroxylation sites is 1. The number of phenolic OH excluding ortho intramolecular Hbond substituents is 1. The molecule has 1 rings (SSSR count). The molecule has 0 aromatic heterocycles. The highest BCUT2D eigenvalue weighted by Crippen LogP contribution is 2.34. The van der Waals surface area contributed by atoms with Gasteiger partial charge in [0.15, 0.2) is 0 Å². The lowest BCUT2D eigenvalue weighted by Crippen LogP contribution is -2.10. The van der Waals surface area contributed by atoms with E-state index in [1.54, 1.807) is 18.2 Å². The van der Waals surface area contributed by atoms with E-state index in [4.69, 9.17) is 5.73 Å². The third-order valence-electron chi connectivity index (χ3n) is 2.41. The van der Waals surface area contributed by atoms with Gasteiger partial charge in [-0.1, -0.05) is 18.2 Å². The van der Waals surface area contributed by atoms with Crippen LogP contribution in [0.15, 0.2) is 18.2 Å².